The summed E-state index contributed by atoms with van der Waals surface area (Å²) < 4.78 is 43.5. The number of thioether (sulfide) groups is 1. The molecule has 8 rings (SSSR count). The lowest BCUT2D eigenvalue weighted by Gasteiger charge is -2.33. The van der Waals surface area contributed by atoms with Crippen molar-refractivity contribution in [3.8, 4) is 0 Å². The Morgan fingerprint density at radius 3 is 1.26 bits per heavy atom. The highest BCUT2D eigenvalue weighted by Crippen LogP contribution is 2.55. The summed E-state index contributed by atoms with van der Waals surface area (Å²) in [5, 5.41) is 58.4. The van der Waals surface area contributed by atoms with Crippen LogP contribution in [0.2, 0.25) is 0 Å². The molecule has 8 fully saturated rings. The molecule has 7 N–H and O–H groups in total. The molecule has 42 heteroatoms. The summed E-state index contributed by atoms with van der Waals surface area (Å²) in [6, 6.07) is 0. The van der Waals surface area contributed by atoms with Crippen molar-refractivity contribution in [3.63, 3.8) is 0 Å². The van der Waals surface area contributed by atoms with Gasteiger partial charge in [-0.2, -0.15) is 0 Å². The first kappa shape index (κ1) is 82.9. The fourth-order valence-electron chi connectivity index (χ4n) is 9.27. The summed E-state index contributed by atoms with van der Waals surface area (Å²) in [6.07, 6.45) is 5.57. The number of esters is 8. The molecule has 6 unspecified atom stereocenters. The second-order valence-corrected chi connectivity index (χ2v) is 25.0. The Morgan fingerprint density at radius 1 is 0.430 bits per heavy atom. The predicted octanol–water partition coefficient (Wildman–Crippen LogP) is 0.169. The van der Waals surface area contributed by atoms with Crippen LogP contribution in [0.5, 0.6) is 0 Å². The summed E-state index contributed by atoms with van der Waals surface area (Å²) in [7, 11) is 5.30. The van der Waals surface area contributed by atoms with E-state index in [-0.39, 0.29) is 68.0 Å². The highest BCUT2D eigenvalue weighted by atomic mass is 33.1. The van der Waals surface area contributed by atoms with Gasteiger partial charge >= 0.3 is 89.5 Å². The van der Waals surface area contributed by atoms with Crippen LogP contribution >= 0.6 is 54.9 Å². The van der Waals surface area contributed by atoms with Crippen LogP contribution < -0.4 is 0 Å². The molecule has 518 valence electrons. The number of hydrogen-bond acceptors (Lipinski definition) is 35. The summed E-state index contributed by atoms with van der Waals surface area (Å²) in [5.74, 6) is -17.9. The number of aliphatic carboxylic acids is 7. The van der Waals surface area contributed by atoms with Gasteiger partial charge in [-0.1, -0.05) is 56.0 Å². The van der Waals surface area contributed by atoms with Crippen LogP contribution in [0.25, 0.3) is 0 Å². The van der Waals surface area contributed by atoms with Crippen molar-refractivity contribution in [2.24, 2.45) is 65.1 Å². The van der Waals surface area contributed by atoms with Gasteiger partial charge in [0.15, 0.2) is 6.79 Å². The number of carbonyl (C=O) groups is 20. The maximum Gasteiger partial charge on any atom is 0.329 e. The number of cyclic esters (lactones) is 8. The Labute approximate surface area is 543 Å². The van der Waals surface area contributed by atoms with E-state index in [0.717, 1.165) is 35.4 Å². The summed E-state index contributed by atoms with van der Waals surface area (Å²) in [4.78, 5) is 208. The van der Waals surface area contributed by atoms with Gasteiger partial charge in [0.05, 0.1) is 77.3 Å². The third-order valence-corrected chi connectivity index (χ3v) is 18.2. The molecule has 0 bridgehead atoms. The van der Waals surface area contributed by atoms with E-state index in [1.807, 2.05) is 0 Å². The fraction of sp³-hybridized carbons (Fsp3) is 0.608. The number of rotatable bonds is 29. The Balaban J connectivity index is 0.000000535. The first-order chi connectivity index (χ1) is 44.1. The Hall–Kier alpha value is -8.09. The lowest BCUT2D eigenvalue weighted by molar-refractivity contribution is -0.158. The molecule has 0 aromatic carbocycles. The monoisotopic (exact) mass is 1430 g/mol. The van der Waals surface area contributed by atoms with Crippen LogP contribution in [0.1, 0.15) is 64.2 Å². The average Bonchev–Trinajstić information content (AvgIpc) is 1.57. The normalized spacial score (nSPS) is 24.9. The first-order valence-electron chi connectivity index (χ1n) is 26.7. The topological polar surface area (TPSA) is 575 Å². The highest BCUT2D eigenvalue weighted by molar-refractivity contribution is 8.77. The van der Waals surface area contributed by atoms with Crippen LogP contribution in [-0.4, -0.2) is 219 Å². The zero-order valence-electron chi connectivity index (χ0n) is 48.2. The van der Waals surface area contributed by atoms with Crippen molar-refractivity contribution in [2.75, 3.05) is 54.9 Å². The molecular formula is C51H62O37S5. The largest absolute Gasteiger partial charge is 0.481 e. The zero-order valence-corrected chi connectivity index (χ0v) is 52.3. The van der Waals surface area contributed by atoms with Crippen molar-refractivity contribution < 1.29 is 179 Å². The molecule has 0 amide bonds. The molecule has 0 spiro atoms. The fourth-order valence-corrected chi connectivity index (χ4v) is 12.8. The maximum absolute atomic E-state index is 11.3. The quantitative estimate of drug-likeness (QED) is 0.00998. The number of carboxylic acid groups (broad SMARTS) is 7. The molecule has 0 aromatic rings. The number of carboxylic acids is 7. The van der Waals surface area contributed by atoms with Gasteiger partial charge in [-0.15, -0.1) is 11.8 Å². The highest BCUT2D eigenvalue weighted by Gasteiger charge is 2.73. The average molecular weight is 1430 g/mol. The molecule has 37 nitrogen and oxygen atoms in total. The Kier molecular flexibility index (Phi) is 41.1. The minimum Gasteiger partial charge on any atom is -0.481 e. The van der Waals surface area contributed by atoms with Gasteiger partial charge in [0, 0.05) is 11.5 Å². The first-order valence-corrected chi connectivity index (χ1v) is 32.8. The third-order valence-electron chi connectivity index (χ3n) is 13.2. The van der Waals surface area contributed by atoms with Gasteiger partial charge in [-0.25, -0.2) is 4.79 Å². The SMILES string of the molecule is O=C(O)C1CCCCC1C(=O)O.O=C1OC(=O)C2C1C1C(=O)OC(=O)C21.O=C1OC(=O)C2C1CC1C(=O)OC(=O)C12.O=COC1CCC(C(=O)O)CC1.O=COCCSSCCC(=O)O.O=COCOCC(=O)O.O=COCSCC(=O)O.O=COCSSCC(=O)O. The number of carbonyl (C=O) groups excluding carboxylic acids is 13. The molecular weight excluding hydrogens is 1360 g/mol. The summed E-state index contributed by atoms with van der Waals surface area (Å²) in [5.41, 5.74) is 0. The summed E-state index contributed by atoms with van der Waals surface area (Å²) in [6.45, 7) is 1.26. The number of ether oxygens (including phenoxy) is 10. The number of hydrogen-bond donors (Lipinski definition) is 7. The van der Waals surface area contributed by atoms with Crippen LogP contribution in [0, 0.1) is 65.1 Å². The van der Waals surface area contributed by atoms with Gasteiger partial charge in [0.2, 0.25) is 0 Å². The summed E-state index contributed by atoms with van der Waals surface area (Å²) >= 11 is 1.03. The smallest absolute Gasteiger partial charge is 0.329 e. The van der Waals surface area contributed by atoms with E-state index < -0.39 is 155 Å². The lowest BCUT2D eigenvalue weighted by Crippen LogP contribution is -2.50. The van der Waals surface area contributed by atoms with E-state index >= 15 is 0 Å². The van der Waals surface area contributed by atoms with E-state index in [1.165, 1.54) is 32.4 Å². The molecule has 8 aliphatic rings. The predicted molar refractivity (Wildman–Crippen MR) is 305 cm³/mol. The minimum atomic E-state index is -1.09. The van der Waals surface area contributed by atoms with E-state index in [1.54, 1.807) is 0 Å². The standard InChI is InChI=1S/C9H6O6.C8H4O6.2C8H12O4.C6H10O4S2.C4H6O5.C4H6O4S2.C4H6O4S/c10-6-2-1-3-5(4(2)8(12)14-6)9(13)15-7(3)11;9-5-1-2(6(10)13-5)4-3(1)7(11)14-8(4)12;9-5-12-7-3-1-6(2-4-7)8(10)11;9-7(10)5-3-1-2-4-6(5)8(11)12;7-5-10-2-4-12-11-3-1-6(8)9;5-2-9-3-8-1-4(6)7;5-2-8-3-10-9-1-4(6)7;5-2-8-3-9-1-4(6)7/h2-5H,1H2;1-4H;5-7H,1-4H2,(H,10,11);5-6H,1-4H2,(H,9,10)(H,11,12);5H,1-4H2,(H,8,9);2H,1,3H2,(H,6,7);2H,1,3H2,(H,6,7);2H,1,3H2,(H,6,7). The maximum atomic E-state index is 11.3. The molecule has 4 saturated carbocycles. The van der Waals surface area contributed by atoms with Crippen molar-refractivity contribution in [1.82, 2.24) is 0 Å². The molecule has 6 atom stereocenters. The van der Waals surface area contributed by atoms with E-state index in [4.69, 9.17) is 40.5 Å². The van der Waals surface area contributed by atoms with Gasteiger partial charge in [0.25, 0.3) is 32.4 Å². The number of fused-ring (bicyclic) bond motifs is 7. The lowest BCUT2D eigenvalue weighted by atomic mass is 9.59. The minimum absolute atomic E-state index is 0.0207. The Morgan fingerprint density at radius 2 is 0.860 bits per heavy atom. The molecule has 0 radical (unpaired) electrons. The van der Waals surface area contributed by atoms with Gasteiger partial charge in [-0.3, -0.25) is 91.1 Å². The van der Waals surface area contributed by atoms with Crippen molar-refractivity contribution in [1.29, 1.82) is 0 Å². The zero-order chi connectivity index (χ0) is 70.2. The van der Waals surface area contributed by atoms with Crippen LogP contribution in [-0.2, 0) is 143 Å². The van der Waals surface area contributed by atoms with Crippen molar-refractivity contribution >= 4 is 177 Å². The van der Waals surface area contributed by atoms with E-state index in [0.29, 0.717) is 76.1 Å². The second-order valence-electron chi connectivity index (χ2n) is 18.9. The molecule has 93 heavy (non-hydrogen) atoms. The molecule has 4 saturated heterocycles. The molecule has 0 aromatic heterocycles. The molecule has 4 aliphatic heterocycles. The van der Waals surface area contributed by atoms with E-state index in [2.05, 4.69) is 42.6 Å². The van der Waals surface area contributed by atoms with Crippen molar-refractivity contribution in [2.45, 2.75) is 70.3 Å². The van der Waals surface area contributed by atoms with E-state index in [9.17, 15) is 95.9 Å². The third kappa shape index (κ3) is 30.5. The van der Waals surface area contributed by atoms with Crippen LogP contribution in [0.3, 0.4) is 0 Å². The van der Waals surface area contributed by atoms with Crippen LogP contribution in [0.4, 0.5) is 0 Å². The van der Waals surface area contributed by atoms with Gasteiger partial charge < -0.3 is 83.1 Å². The van der Waals surface area contributed by atoms with Crippen molar-refractivity contribution in [3.05, 3.63) is 0 Å². The molecule has 4 aliphatic carbocycles. The Bertz CT molecular complexity index is 2480. The van der Waals surface area contributed by atoms with Gasteiger partial charge in [-0.05, 0) is 44.9 Å². The van der Waals surface area contributed by atoms with Gasteiger partial charge in [0.1, 0.15) is 36.9 Å². The molecule has 4 heterocycles. The second kappa shape index (κ2) is 46.1. The van der Waals surface area contributed by atoms with Crippen LogP contribution in [0.15, 0.2) is 0 Å².